The maximum atomic E-state index is 12.9. The van der Waals surface area contributed by atoms with Crippen LogP contribution in [0.2, 0.25) is 0 Å². The number of thiazole rings is 1. The normalized spacial score (nSPS) is 10.6. The van der Waals surface area contributed by atoms with Crippen molar-refractivity contribution in [3.8, 4) is 0 Å². The molecule has 1 N–H and O–H groups in total. The smallest absolute Gasteiger partial charge is 0.257 e. The van der Waals surface area contributed by atoms with E-state index in [1.165, 1.54) is 23.6 Å². The number of anilines is 1. The van der Waals surface area contributed by atoms with Gasteiger partial charge in [-0.1, -0.05) is 23.5 Å². The maximum Gasteiger partial charge on any atom is 0.257 e. The predicted octanol–water partition coefficient (Wildman–Crippen LogP) is 3.08. The molecule has 94 valence electrons. The first-order valence-corrected chi connectivity index (χ1v) is 6.32. The Balaban J connectivity index is 1.86. The van der Waals surface area contributed by atoms with Crippen molar-refractivity contribution in [1.29, 1.82) is 0 Å². The number of nitrogens with one attached hydrogen (secondary N) is 1. The number of benzene rings is 1. The van der Waals surface area contributed by atoms with E-state index >= 15 is 0 Å². The van der Waals surface area contributed by atoms with Gasteiger partial charge < -0.3 is 0 Å². The Morgan fingerprint density at radius 3 is 2.89 bits per heavy atom. The average Bonchev–Trinajstić information content (AvgIpc) is 2.80. The summed E-state index contributed by atoms with van der Waals surface area (Å²) in [6.07, 6.45) is 1.25. The van der Waals surface area contributed by atoms with Gasteiger partial charge in [-0.05, 0) is 18.2 Å². The molecule has 0 fully saturated rings. The highest BCUT2D eigenvalue weighted by molar-refractivity contribution is 7.22. The van der Waals surface area contributed by atoms with E-state index in [1.807, 2.05) is 24.3 Å². The summed E-state index contributed by atoms with van der Waals surface area (Å²) in [5, 5.41) is 3.14. The minimum atomic E-state index is -0.683. The summed E-state index contributed by atoms with van der Waals surface area (Å²) in [6.45, 7) is 0. The van der Waals surface area contributed by atoms with Crippen LogP contribution in [-0.4, -0.2) is 15.9 Å². The monoisotopic (exact) mass is 273 g/mol. The summed E-state index contributed by atoms with van der Waals surface area (Å²) in [7, 11) is 0. The van der Waals surface area contributed by atoms with Crippen LogP contribution < -0.4 is 5.32 Å². The Morgan fingerprint density at radius 2 is 2.11 bits per heavy atom. The van der Waals surface area contributed by atoms with Crippen molar-refractivity contribution in [2.24, 2.45) is 0 Å². The fraction of sp³-hybridized carbons (Fsp3) is 0. The van der Waals surface area contributed by atoms with Gasteiger partial charge in [-0.15, -0.1) is 0 Å². The first-order valence-electron chi connectivity index (χ1n) is 5.51. The van der Waals surface area contributed by atoms with E-state index in [4.69, 9.17) is 0 Å². The standard InChI is InChI=1S/C13H8FN3OS/c14-11-7-8(5-6-15-11)12(18)17-13-16-9-3-1-2-4-10(9)19-13/h1-7H,(H,16,17,18). The molecule has 2 heterocycles. The quantitative estimate of drug-likeness (QED) is 0.730. The Labute approximate surface area is 111 Å². The molecule has 0 unspecified atom stereocenters. The molecule has 6 heteroatoms. The number of amides is 1. The molecule has 3 rings (SSSR count). The topological polar surface area (TPSA) is 54.9 Å². The molecular formula is C13H8FN3OS. The highest BCUT2D eigenvalue weighted by atomic mass is 32.1. The number of hydrogen-bond donors (Lipinski definition) is 1. The van der Waals surface area contributed by atoms with Crippen LogP contribution in [0.1, 0.15) is 10.4 Å². The molecule has 0 aliphatic carbocycles. The van der Waals surface area contributed by atoms with Crippen LogP contribution in [0, 0.1) is 5.95 Å². The van der Waals surface area contributed by atoms with E-state index in [9.17, 15) is 9.18 Å². The second-order valence-electron chi connectivity index (χ2n) is 3.81. The van der Waals surface area contributed by atoms with Crippen LogP contribution in [0.5, 0.6) is 0 Å². The van der Waals surface area contributed by atoms with E-state index in [1.54, 1.807) is 0 Å². The lowest BCUT2D eigenvalue weighted by Crippen LogP contribution is -2.12. The van der Waals surface area contributed by atoms with Crippen molar-refractivity contribution in [3.63, 3.8) is 0 Å². The number of carbonyl (C=O) groups is 1. The van der Waals surface area contributed by atoms with Gasteiger partial charge in [0.25, 0.3) is 5.91 Å². The van der Waals surface area contributed by atoms with Gasteiger partial charge in [0.2, 0.25) is 5.95 Å². The van der Waals surface area contributed by atoms with Crippen molar-refractivity contribution < 1.29 is 9.18 Å². The summed E-state index contributed by atoms with van der Waals surface area (Å²) >= 11 is 1.37. The lowest BCUT2D eigenvalue weighted by molar-refractivity contribution is 0.102. The van der Waals surface area contributed by atoms with Gasteiger partial charge in [0.15, 0.2) is 5.13 Å². The third kappa shape index (κ3) is 2.43. The van der Waals surface area contributed by atoms with Gasteiger partial charge in [-0.2, -0.15) is 4.39 Å². The molecule has 0 bridgehead atoms. The van der Waals surface area contributed by atoms with Crippen LogP contribution in [0.4, 0.5) is 9.52 Å². The van der Waals surface area contributed by atoms with Crippen LogP contribution in [0.3, 0.4) is 0 Å². The van der Waals surface area contributed by atoms with Crippen molar-refractivity contribution in [3.05, 3.63) is 54.1 Å². The number of fused-ring (bicyclic) bond motifs is 1. The minimum Gasteiger partial charge on any atom is -0.298 e. The van der Waals surface area contributed by atoms with Gasteiger partial charge in [0, 0.05) is 17.8 Å². The molecule has 1 amide bonds. The highest BCUT2D eigenvalue weighted by Crippen LogP contribution is 2.25. The number of rotatable bonds is 2. The number of carbonyl (C=O) groups excluding carboxylic acids is 1. The third-order valence-electron chi connectivity index (χ3n) is 2.50. The number of aromatic nitrogens is 2. The first kappa shape index (κ1) is 11.7. The lowest BCUT2D eigenvalue weighted by atomic mass is 10.2. The van der Waals surface area contributed by atoms with Crippen molar-refractivity contribution >= 4 is 32.6 Å². The number of para-hydroxylation sites is 1. The largest absolute Gasteiger partial charge is 0.298 e. The second kappa shape index (κ2) is 4.74. The van der Waals surface area contributed by atoms with Crippen molar-refractivity contribution in [1.82, 2.24) is 9.97 Å². The highest BCUT2D eigenvalue weighted by Gasteiger charge is 2.10. The Morgan fingerprint density at radius 1 is 1.26 bits per heavy atom. The molecule has 0 aliphatic heterocycles. The maximum absolute atomic E-state index is 12.9. The molecule has 0 radical (unpaired) electrons. The van der Waals surface area contributed by atoms with E-state index < -0.39 is 11.9 Å². The molecule has 0 saturated carbocycles. The summed E-state index contributed by atoms with van der Waals surface area (Å²) in [4.78, 5) is 19.6. The van der Waals surface area contributed by atoms with Gasteiger partial charge in [-0.25, -0.2) is 9.97 Å². The van der Waals surface area contributed by atoms with E-state index in [2.05, 4.69) is 15.3 Å². The van der Waals surface area contributed by atoms with Crippen LogP contribution >= 0.6 is 11.3 Å². The first-order chi connectivity index (χ1) is 9.22. The molecule has 0 atom stereocenters. The molecule has 4 nitrogen and oxygen atoms in total. The van der Waals surface area contributed by atoms with Crippen LogP contribution in [-0.2, 0) is 0 Å². The van der Waals surface area contributed by atoms with Gasteiger partial charge in [0.05, 0.1) is 10.2 Å². The molecule has 0 saturated heterocycles. The number of hydrogen-bond acceptors (Lipinski definition) is 4. The minimum absolute atomic E-state index is 0.215. The fourth-order valence-electron chi connectivity index (χ4n) is 1.64. The van der Waals surface area contributed by atoms with Crippen molar-refractivity contribution in [2.75, 3.05) is 5.32 Å². The van der Waals surface area contributed by atoms with Gasteiger partial charge >= 0.3 is 0 Å². The van der Waals surface area contributed by atoms with E-state index in [0.717, 1.165) is 16.3 Å². The number of halogens is 1. The Kier molecular flexibility index (Phi) is 2.92. The predicted molar refractivity (Wildman–Crippen MR) is 71.8 cm³/mol. The number of pyridine rings is 1. The Hall–Kier alpha value is -2.34. The Bertz CT molecular complexity index is 723. The van der Waals surface area contributed by atoms with Crippen molar-refractivity contribution in [2.45, 2.75) is 0 Å². The summed E-state index contributed by atoms with van der Waals surface area (Å²) in [6, 6.07) is 10.1. The summed E-state index contributed by atoms with van der Waals surface area (Å²) in [5.41, 5.74) is 1.04. The molecule has 2 aromatic heterocycles. The summed E-state index contributed by atoms with van der Waals surface area (Å²) < 4.78 is 13.9. The molecular weight excluding hydrogens is 265 g/mol. The average molecular weight is 273 g/mol. The van der Waals surface area contributed by atoms with Gasteiger partial charge in [0.1, 0.15) is 0 Å². The zero-order chi connectivity index (χ0) is 13.2. The fourth-order valence-corrected chi connectivity index (χ4v) is 2.50. The van der Waals surface area contributed by atoms with Gasteiger partial charge in [-0.3, -0.25) is 10.1 Å². The zero-order valence-corrected chi connectivity index (χ0v) is 10.4. The van der Waals surface area contributed by atoms with Crippen LogP contribution in [0.25, 0.3) is 10.2 Å². The summed E-state index contributed by atoms with van der Waals surface area (Å²) in [5.74, 6) is -1.09. The SMILES string of the molecule is O=C(Nc1nc2ccccc2s1)c1ccnc(F)c1. The second-order valence-corrected chi connectivity index (χ2v) is 4.84. The lowest BCUT2D eigenvalue weighted by Gasteiger charge is -2.00. The van der Waals surface area contributed by atoms with E-state index in [-0.39, 0.29) is 5.56 Å². The van der Waals surface area contributed by atoms with Crippen LogP contribution in [0.15, 0.2) is 42.6 Å². The molecule has 0 aliphatic rings. The molecule has 3 aromatic rings. The van der Waals surface area contributed by atoms with E-state index in [0.29, 0.717) is 5.13 Å². The molecule has 19 heavy (non-hydrogen) atoms. The molecule has 0 spiro atoms. The zero-order valence-electron chi connectivity index (χ0n) is 9.63. The molecule has 1 aromatic carbocycles. The third-order valence-corrected chi connectivity index (χ3v) is 3.45. The number of nitrogens with zero attached hydrogens (tertiary/aromatic N) is 2.